The van der Waals surface area contributed by atoms with Crippen LogP contribution in [0.3, 0.4) is 0 Å². The van der Waals surface area contributed by atoms with Crippen molar-refractivity contribution in [2.24, 2.45) is 0 Å². The molecule has 7 nitrogen and oxygen atoms in total. The highest BCUT2D eigenvalue weighted by molar-refractivity contribution is 7.92. The molecule has 0 unspecified atom stereocenters. The molecule has 0 amide bonds. The van der Waals surface area contributed by atoms with Crippen molar-refractivity contribution in [1.82, 2.24) is 9.88 Å². The van der Waals surface area contributed by atoms with Crippen LogP contribution in [-0.4, -0.2) is 38.1 Å². The molecule has 0 atom stereocenters. The lowest BCUT2D eigenvalue weighted by Crippen LogP contribution is -2.18. The van der Waals surface area contributed by atoms with Crippen LogP contribution in [0.25, 0.3) is 17.5 Å². The number of aromatic nitrogens is 1. The molecule has 148 valence electrons. The standard InChI is InChI=1S/C20H23N3O4S/c1-15-19(14-23(2)12-6-8-16-9-7-13-26-16)21-20(27-15)17-10-4-5-11-18(17)22-28(3,24)25/h4-11,13,22H,12,14H2,1-3H3. The SMILES string of the molecule is Cc1oc(-c2ccccc2NS(C)(=O)=O)nc1CN(C)CC=Cc1ccco1. The predicted molar refractivity (Wildman–Crippen MR) is 109 cm³/mol. The molecule has 0 aliphatic heterocycles. The van der Waals surface area contributed by atoms with Crippen molar-refractivity contribution in [3.63, 3.8) is 0 Å². The number of benzene rings is 1. The van der Waals surface area contributed by atoms with Gasteiger partial charge < -0.3 is 8.83 Å². The Bertz CT molecular complexity index is 1050. The van der Waals surface area contributed by atoms with Crippen molar-refractivity contribution in [2.45, 2.75) is 13.5 Å². The molecule has 0 bridgehead atoms. The van der Waals surface area contributed by atoms with Crippen LogP contribution in [0.5, 0.6) is 0 Å². The second-order valence-corrected chi connectivity index (χ2v) is 8.30. The average molecular weight is 401 g/mol. The lowest BCUT2D eigenvalue weighted by Gasteiger charge is -2.12. The summed E-state index contributed by atoms with van der Waals surface area (Å²) in [5, 5.41) is 0. The molecule has 3 rings (SSSR count). The molecule has 0 aliphatic rings. The average Bonchev–Trinajstić information content (AvgIpc) is 3.24. The number of nitrogens with zero attached hydrogens (tertiary/aromatic N) is 2. The summed E-state index contributed by atoms with van der Waals surface area (Å²) in [6.45, 7) is 3.17. The third-order valence-electron chi connectivity index (χ3n) is 4.01. The Morgan fingerprint density at radius 1 is 1.21 bits per heavy atom. The number of aryl methyl sites for hydroxylation is 1. The Morgan fingerprint density at radius 2 is 2.00 bits per heavy atom. The van der Waals surface area contributed by atoms with Gasteiger partial charge in [-0.05, 0) is 44.3 Å². The first-order valence-corrected chi connectivity index (χ1v) is 10.6. The number of para-hydroxylation sites is 1. The van der Waals surface area contributed by atoms with Gasteiger partial charge in [-0.15, -0.1) is 0 Å². The van der Waals surface area contributed by atoms with Gasteiger partial charge in [0.05, 0.1) is 29.5 Å². The largest absolute Gasteiger partial charge is 0.465 e. The Balaban J connectivity index is 1.73. The molecule has 0 fully saturated rings. The van der Waals surface area contributed by atoms with E-state index < -0.39 is 10.0 Å². The van der Waals surface area contributed by atoms with Crippen LogP contribution in [-0.2, 0) is 16.6 Å². The Labute approximate surface area is 164 Å². The van der Waals surface area contributed by atoms with Gasteiger partial charge in [0.25, 0.3) is 0 Å². The van der Waals surface area contributed by atoms with Crippen LogP contribution in [0.1, 0.15) is 17.2 Å². The number of sulfonamides is 1. The Hall–Kier alpha value is -2.84. The number of likely N-dealkylation sites (N-methyl/N-ethyl adjacent to an activating group) is 1. The molecule has 0 saturated carbocycles. The summed E-state index contributed by atoms with van der Waals surface area (Å²) in [5.41, 5.74) is 1.84. The van der Waals surface area contributed by atoms with Gasteiger partial charge in [-0.25, -0.2) is 13.4 Å². The second kappa shape index (κ2) is 8.45. The fraction of sp³-hybridized carbons (Fsp3) is 0.250. The predicted octanol–water partition coefficient (Wildman–Crippen LogP) is 3.76. The van der Waals surface area contributed by atoms with Gasteiger partial charge in [-0.1, -0.05) is 18.2 Å². The van der Waals surface area contributed by atoms with Gasteiger partial charge in [0.2, 0.25) is 15.9 Å². The molecule has 2 heterocycles. The first kappa shape index (κ1) is 19.9. The van der Waals surface area contributed by atoms with Crippen LogP contribution < -0.4 is 4.72 Å². The number of oxazole rings is 1. The summed E-state index contributed by atoms with van der Waals surface area (Å²) in [7, 11) is -1.42. The molecule has 0 saturated heterocycles. The van der Waals surface area contributed by atoms with Gasteiger partial charge in [0.15, 0.2) is 0 Å². The number of hydrogen-bond acceptors (Lipinski definition) is 6. The summed E-state index contributed by atoms with van der Waals surface area (Å²) < 4.78 is 36.8. The summed E-state index contributed by atoms with van der Waals surface area (Å²) in [6.07, 6.45) is 6.69. The van der Waals surface area contributed by atoms with Crippen molar-refractivity contribution in [2.75, 3.05) is 24.6 Å². The third kappa shape index (κ3) is 5.34. The van der Waals surface area contributed by atoms with E-state index in [4.69, 9.17) is 8.83 Å². The summed E-state index contributed by atoms with van der Waals surface area (Å²) in [6, 6.07) is 10.8. The van der Waals surface area contributed by atoms with Crippen molar-refractivity contribution in [3.05, 3.63) is 66.0 Å². The lowest BCUT2D eigenvalue weighted by molar-refractivity contribution is 0.356. The van der Waals surface area contributed by atoms with E-state index in [0.717, 1.165) is 17.7 Å². The molecular weight excluding hydrogens is 378 g/mol. The summed E-state index contributed by atoms with van der Waals surface area (Å²) in [5.74, 6) is 1.90. The van der Waals surface area contributed by atoms with E-state index in [9.17, 15) is 8.42 Å². The number of furan rings is 1. The second-order valence-electron chi connectivity index (χ2n) is 6.56. The van der Waals surface area contributed by atoms with E-state index in [1.807, 2.05) is 44.3 Å². The van der Waals surface area contributed by atoms with Gasteiger partial charge in [0, 0.05) is 13.1 Å². The van der Waals surface area contributed by atoms with Gasteiger partial charge >= 0.3 is 0 Å². The quantitative estimate of drug-likeness (QED) is 0.618. The molecule has 1 N–H and O–H groups in total. The summed E-state index contributed by atoms with van der Waals surface area (Å²) >= 11 is 0. The van der Waals surface area contributed by atoms with E-state index in [1.54, 1.807) is 24.5 Å². The molecular formula is C20H23N3O4S. The van der Waals surface area contributed by atoms with E-state index >= 15 is 0 Å². The topological polar surface area (TPSA) is 88.6 Å². The zero-order chi connectivity index (χ0) is 20.1. The lowest BCUT2D eigenvalue weighted by atomic mass is 10.2. The molecule has 0 spiro atoms. The molecule has 8 heteroatoms. The number of nitrogens with one attached hydrogen (secondary N) is 1. The third-order valence-corrected chi connectivity index (χ3v) is 4.60. The van der Waals surface area contributed by atoms with Gasteiger partial charge in [-0.2, -0.15) is 0 Å². The zero-order valence-electron chi connectivity index (χ0n) is 16.0. The normalized spacial score (nSPS) is 12.1. The monoisotopic (exact) mass is 401 g/mol. The van der Waals surface area contributed by atoms with Crippen LogP contribution >= 0.6 is 0 Å². The van der Waals surface area contributed by atoms with Crippen LogP contribution in [0.15, 0.2) is 57.6 Å². The maximum atomic E-state index is 11.6. The van der Waals surface area contributed by atoms with Crippen molar-refractivity contribution in [1.29, 1.82) is 0 Å². The molecule has 0 radical (unpaired) electrons. The van der Waals surface area contributed by atoms with Crippen LogP contribution in [0.4, 0.5) is 5.69 Å². The zero-order valence-corrected chi connectivity index (χ0v) is 16.9. The molecule has 0 aliphatic carbocycles. The molecule has 1 aromatic carbocycles. The Kier molecular flexibility index (Phi) is 6.01. The van der Waals surface area contributed by atoms with E-state index in [1.165, 1.54) is 0 Å². The minimum Gasteiger partial charge on any atom is -0.465 e. The highest BCUT2D eigenvalue weighted by Gasteiger charge is 2.16. The smallest absolute Gasteiger partial charge is 0.229 e. The fourth-order valence-corrected chi connectivity index (χ4v) is 3.28. The van der Waals surface area contributed by atoms with Crippen molar-refractivity contribution >= 4 is 21.8 Å². The van der Waals surface area contributed by atoms with Crippen LogP contribution in [0.2, 0.25) is 0 Å². The van der Waals surface area contributed by atoms with E-state index in [0.29, 0.717) is 36.0 Å². The minimum absolute atomic E-state index is 0.388. The number of hydrogen-bond donors (Lipinski definition) is 1. The first-order chi connectivity index (χ1) is 13.3. The van der Waals surface area contributed by atoms with E-state index in [2.05, 4.69) is 14.6 Å². The maximum Gasteiger partial charge on any atom is 0.229 e. The fourth-order valence-electron chi connectivity index (χ4n) is 2.70. The minimum atomic E-state index is -3.40. The number of rotatable bonds is 8. The number of anilines is 1. The molecule has 2 aromatic heterocycles. The van der Waals surface area contributed by atoms with Crippen molar-refractivity contribution < 1.29 is 17.3 Å². The van der Waals surface area contributed by atoms with Gasteiger partial charge in [-0.3, -0.25) is 9.62 Å². The molecule has 3 aromatic rings. The van der Waals surface area contributed by atoms with E-state index in [-0.39, 0.29) is 0 Å². The van der Waals surface area contributed by atoms with Crippen LogP contribution in [0, 0.1) is 6.92 Å². The first-order valence-electron chi connectivity index (χ1n) is 8.74. The highest BCUT2D eigenvalue weighted by atomic mass is 32.2. The Morgan fingerprint density at radius 3 is 2.71 bits per heavy atom. The van der Waals surface area contributed by atoms with Gasteiger partial charge in [0.1, 0.15) is 11.5 Å². The summed E-state index contributed by atoms with van der Waals surface area (Å²) in [4.78, 5) is 6.67. The molecule has 28 heavy (non-hydrogen) atoms. The highest BCUT2D eigenvalue weighted by Crippen LogP contribution is 2.29. The maximum absolute atomic E-state index is 11.6. The van der Waals surface area contributed by atoms with Crippen molar-refractivity contribution in [3.8, 4) is 11.5 Å².